The summed E-state index contributed by atoms with van der Waals surface area (Å²) in [5.41, 5.74) is 0.493. The Morgan fingerprint density at radius 1 is 1.30 bits per heavy atom. The Kier molecular flexibility index (Phi) is 5.51. The van der Waals surface area contributed by atoms with Crippen molar-refractivity contribution in [2.45, 2.75) is 26.4 Å². The van der Waals surface area contributed by atoms with E-state index in [4.69, 9.17) is 0 Å². The molecule has 23 heavy (non-hydrogen) atoms. The fraction of sp³-hybridized carbons (Fsp3) is 0.467. The molecule has 126 valence electrons. The van der Waals surface area contributed by atoms with Crippen LogP contribution in [0.1, 0.15) is 19.7 Å². The molecule has 0 saturated heterocycles. The number of hydrogen-bond acceptors (Lipinski definition) is 5. The van der Waals surface area contributed by atoms with Gasteiger partial charge in [-0.1, -0.05) is 12.1 Å². The van der Waals surface area contributed by atoms with Crippen molar-refractivity contribution in [1.29, 1.82) is 0 Å². The van der Waals surface area contributed by atoms with Crippen LogP contribution >= 0.6 is 0 Å². The SMILES string of the molecule is CC(C)N(CCNS(C)(=O)=O)Cc1nc2ccccc2c(=O)[nH]1. The van der Waals surface area contributed by atoms with Gasteiger partial charge in [0.25, 0.3) is 5.56 Å². The van der Waals surface area contributed by atoms with Gasteiger partial charge in [0, 0.05) is 19.1 Å². The summed E-state index contributed by atoms with van der Waals surface area (Å²) >= 11 is 0. The van der Waals surface area contributed by atoms with Gasteiger partial charge in [-0.2, -0.15) is 0 Å². The van der Waals surface area contributed by atoms with Crippen molar-refractivity contribution in [1.82, 2.24) is 19.6 Å². The maximum Gasteiger partial charge on any atom is 0.258 e. The molecule has 0 aliphatic heterocycles. The van der Waals surface area contributed by atoms with Crippen molar-refractivity contribution in [2.75, 3.05) is 19.3 Å². The molecule has 0 amide bonds. The van der Waals surface area contributed by atoms with Gasteiger partial charge in [0.1, 0.15) is 5.82 Å². The molecule has 0 spiro atoms. The van der Waals surface area contributed by atoms with Gasteiger partial charge in [0.15, 0.2) is 0 Å². The van der Waals surface area contributed by atoms with E-state index in [1.54, 1.807) is 18.2 Å². The van der Waals surface area contributed by atoms with E-state index in [-0.39, 0.29) is 11.6 Å². The lowest BCUT2D eigenvalue weighted by atomic mass is 10.2. The van der Waals surface area contributed by atoms with Gasteiger partial charge in [-0.25, -0.2) is 18.1 Å². The van der Waals surface area contributed by atoms with Crippen LogP contribution in [-0.4, -0.2) is 48.7 Å². The molecule has 0 aliphatic rings. The van der Waals surface area contributed by atoms with E-state index >= 15 is 0 Å². The first-order valence-electron chi connectivity index (χ1n) is 7.43. The van der Waals surface area contributed by atoms with Crippen LogP contribution < -0.4 is 10.3 Å². The standard InChI is InChI=1S/C15H22N4O3S/c1-11(2)19(9-8-16-23(3,21)22)10-14-17-13-7-5-4-6-12(13)15(20)18-14/h4-7,11,16H,8-10H2,1-3H3,(H,17,18,20). The van der Waals surface area contributed by atoms with Gasteiger partial charge >= 0.3 is 0 Å². The summed E-state index contributed by atoms with van der Waals surface area (Å²) in [6, 6.07) is 7.37. The summed E-state index contributed by atoms with van der Waals surface area (Å²) < 4.78 is 24.8. The number of benzene rings is 1. The average molecular weight is 338 g/mol. The fourth-order valence-corrected chi connectivity index (χ4v) is 2.76. The predicted molar refractivity (Wildman–Crippen MR) is 90.8 cm³/mol. The number of para-hydroxylation sites is 1. The minimum Gasteiger partial charge on any atom is -0.309 e. The quantitative estimate of drug-likeness (QED) is 0.774. The zero-order valence-corrected chi connectivity index (χ0v) is 14.4. The van der Waals surface area contributed by atoms with Crippen LogP contribution in [0.2, 0.25) is 0 Å². The molecule has 0 unspecified atom stereocenters. The van der Waals surface area contributed by atoms with Crippen LogP contribution in [0.15, 0.2) is 29.1 Å². The Bertz CT molecular complexity index is 830. The largest absolute Gasteiger partial charge is 0.309 e. The number of aromatic nitrogens is 2. The summed E-state index contributed by atoms with van der Waals surface area (Å²) in [5.74, 6) is 0.571. The number of fused-ring (bicyclic) bond motifs is 1. The lowest BCUT2D eigenvalue weighted by molar-refractivity contribution is 0.211. The molecular weight excluding hydrogens is 316 g/mol. The highest BCUT2D eigenvalue weighted by Crippen LogP contribution is 2.08. The van der Waals surface area contributed by atoms with E-state index in [1.807, 2.05) is 24.8 Å². The molecule has 0 fully saturated rings. The van der Waals surface area contributed by atoms with Gasteiger partial charge in [-0.15, -0.1) is 0 Å². The van der Waals surface area contributed by atoms with Gasteiger partial charge in [-0.3, -0.25) is 9.69 Å². The van der Waals surface area contributed by atoms with Crippen molar-refractivity contribution in [3.63, 3.8) is 0 Å². The molecule has 2 rings (SSSR count). The van der Waals surface area contributed by atoms with Gasteiger partial charge in [-0.05, 0) is 26.0 Å². The van der Waals surface area contributed by atoms with Crippen molar-refractivity contribution >= 4 is 20.9 Å². The summed E-state index contributed by atoms with van der Waals surface area (Å²) in [5, 5.41) is 0.561. The van der Waals surface area contributed by atoms with Crippen LogP contribution in [0, 0.1) is 0 Å². The third kappa shape index (κ3) is 5.12. The van der Waals surface area contributed by atoms with E-state index in [0.29, 0.717) is 36.4 Å². The molecule has 1 aromatic heterocycles. The zero-order valence-electron chi connectivity index (χ0n) is 13.5. The summed E-state index contributed by atoms with van der Waals surface area (Å²) in [6.45, 7) is 5.32. The number of hydrogen-bond donors (Lipinski definition) is 2. The molecule has 2 aromatic rings. The molecule has 1 aromatic carbocycles. The molecule has 0 aliphatic carbocycles. The third-order valence-corrected chi connectivity index (χ3v) is 4.24. The lowest BCUT2D eigenvalue weighted by Crippen LogP contribution is -2.38. The van der Waals surface area contributed by atoms with E-state index in [1.165, 1.54) is 0 Å². The van der Waals surface area contributed by atoms with Crippen molar-refractivity contribution in [3.8, 4) is 0 Å². The van der Waals surface area contributed by atoms with Crippen molar-refractivity contribution < 1.29 is 8.42 Å². The van der Waals surface area contributed by atoms with Crippen LogP contribution in [0.4, 0.5) is 0 Å². The Labute approximate surface area is 135 Å². The van der Waals surface area contributed by atoms with Crippen molar-refractivity contribution in [3.05, 3.63) is 40.4 Å². The van der Waals surface area contributed by atoms with Crippen LogP contribution in [0.5, 0.6) is 0 Å². The molecule has 8 heteroatoms. The van der Waals surface area contributed by atoms with E-state index in [0.717, 1.165) is 6.26 Å². The van der Waals surface area contributed by atoms with Gasteiger partial charge in [0.05, 0.1) is 23.7 Å². The number of rotatable bonds is 7. The highest BCUT2D eigenvalue weighted by Gasteiger charge is 2.13. The van der Waals surface area contributed by atoms with E-state index < -0.39 is 10.0 Å². The van der Waals surface area contributed by atoms with Gasteiger partial charge in [0.2, 0.25) is 10.0 Å². The molecule has 2 N–H and O–H groups in total. The Morgan fingerprint density at radius 2 is 2.00 bits per heavy atom. The Balaban J connectivity index is 2.15. The fourth-order valence-electron chi connectivity index (χ4n) is 2.30. The molecule has 0 atom stereocenters. The number of nitrogens with one attached hydrogen (secondary N) is 2. The van der Waals surface area contributed by atoms with Crippen LogP contribution in [0.3, 0.4) is 0 Å². The van der Waals surface area contributed by atoms with Crippen LogP contribution in [-0.2, 0) is 16.6 Å². The number of sulfonamides is 1. The summed E-state index contributed by atoms with van der Waals surface area (Å²) in [6.07, 6.45) is 1.13. The zero-order chi connectivity index (χ0) is 17.0. The topological polar surface area (TPSA) is 95.2 Å². The number of H-pyrrole nitrogens is 1. The lowest BCUT2D eigenvalue weighted by Gasteiger charge is -2.25. The van der Waals surface area contributed by atoms with Crippen LogP contribution in [0.25, 0.3) is 10.9 Å². The summed E-state index contributed by atoms with van der Waals surface area (Å²) in [4.78, 5) is 21.4. The molecule has 1 heterocycles. The Hall–Kier alpha value is -1.77. The van der Waals surface area contributed by atoms with E-state index in [9.17, 15) is 13.2 Å². The second-order valence-corrected chi connectivity index (χ2v) is 7.59. The molecule has 0 saturated carbocycles. The second kappa shape index (κ2) is 7.20. The summed E-state index contributed by atoms with van der Waals surface area (Å²) in [7, 11) is -3.20. The smallest absolute Gasteiger partial charge is 0.258 e. The minimum absolute atomic E-state index is 0.163. The molecule has 0 radical (unpaired) electrons. The maximum atomic E-state index is 12.1. The maximum absolute atomic E-state index is 12.1. The monoisotopic (exact) mass is 338 g/mol. The first-order valence-corrected chi connectivity index (χ1v) is 9.32. The normalized spacial score (nSPS) is 12.4. The van der Waals surface area contributed by atoms with Gasteiger partial charge < -0.3 is 4.98 Å². The third-order valence-electron chi connectivity index (χ3n) is 3.51. The first-order chi connectivity index (χ1) is 10.8. The second-order valence-electron chi connectivity index (χ2n) is 5.76. The van der Waals surface area contributed by atoms with Crippen molar-refractivity contribution in [2.24, 2.45) is 0 Å². The first kappa shape index (κ1) is 17.6. The highest BCUT2D eigenvalue weighted by molar-refractivity contribution is 7.88. The highest BCUT2D eigenvalue weighted by atomic mass is 32.2. The average Bonchev–Trinajstić information content (AvgIpc) is 2.45. The Morgan fingerprint density at radius 3 is 2.65 bits per heavy atom. The number of aromatic amines is 1. The minimum atomic E-state index is -3.20. The molecule has 7 nitrogen and oxygen atoms in total. The van der Waals surface area contributed by atoms with E-state index in [2.05, 4.69) is 14.7 Å². The molecular formula is C15H22N4O3S. The predicted octanol–water partition coefficient (Wildman–Crippen LogP) is 0.683. The molecule has 0 bridgehead atoms. The number of nitrogens with zero attached hydrogens (tertiary/aromatic N) is 2.